The van der Waals surface area contributed by atoms with Crippen molar-refractivity contribution < 1.29 is 9.53 Å². The summed E-state index contributed by atoms with van der Waals surface area (Å²) < 4.78 is 7.33. The van der Waals surface area contributed by atoms with E-state index in [4.69, 9.17) is 10.5 Å². The largest absolute Gasteiger partial charge is 0.461 e. The molecule has 0 unspecified atom stereocenters. The standard InChI is InChI=1S/C12H13BrN4O2/c1-3-19-12(18)10-11(14)17(6-16-10)9-4-7(2)8(13)5-15-9/h4-6H,3,14H2,1-2H3. The fraction of sp³-hybridized carbons (Fsp3) is 0.250. The van der Waals surface area contributed by atoms with Crippen LogP contribution in [0, 0.1) is 6.92 Å². The molecule has 2 N–H and O–H groups in total. The summed E-state index contributed by atoms with van der Waals surface area (Å²) in [7, 11) is 0. The lowest BCUT2D eigenvalue weighted by molar-refractivity contribution is 0.0521. The van der Waals surface area contributed by atoms with Gasteiger partial charge in [-0.15, -0.1) is 0 Å². The molecule has 0 radical (unpaired) electrons. The van der Waals surface area contributed by atoms with Gasteiger partial charge < -0.3 is 10.5 Å². The summed E-state index contributed by atoms with van der Waals surface area (Å²) in [6, 6.07) is 1.84. The molecule has 2 aromatic heterocycles. The smallest absolute Gasteiger partial charge is 0.360 e. The Bertz CT molecular complexity index is 624. The van der Waals surface area contributed by atoms with Crippen molar-refractivity contribution in [1.82, 2.24) is 14.5 Å². The van der Waals surface area contributed by atoms with Gasteiger partial charge in [-0.05, 0) is 41.4 Å². The Labute approximate surface area is 118 Å². The SMILES string of the molecule is CCOC(=O)c1ncn(-c2cc(C)c(Br)cn2)c1N. The van der Waals surface area contributed by atoms with Crippen molar-refractivity contribution in [3.8, 4) is 5.82 Å². The number of imidazole rings is 1. The molecule has 0 fully saturated rings. The van der Waals surface area contributed by atoms with Crippen molar-refractivity contribution in [3.63, 3.8) is 0 Å². The van der Waals surface area contributed by atoms with Crippen LogP contribution < -0.4 is 5.73 Å². The number of aryl methyl sites for hydroxylation is 1. The van der Waals surface area contributed by atoms with Gasteiger partial charge >= 0.3 is 5.97 Å². The molecule has 0 aliphatic heterocycles. The van der Waals surface area contributed by atoms with Crippen LogP contribution in [0.3, 0.4) is 0 Å². The van der Waals surface area contributed by atoms with E-state index in [0.717, 1.165) is 10.0 Å². The maximum atomic E-state index is 11.6. The Balaban J connectivity index is 2.41. The molecule has 2 aromatic rings. The predicted molar refractivity (Wildman–Crippen MR) is 74.2 cm³/mol. The van der Waals surface area contributed by atoms with Crippen LogP contribution in [0.2, 0.25) is 0 Å². The summed E-state index contributed by atoms with van der Waals surface area (Å²) >= 11 is 3.38. The lowest BCUT2D eigenvalue weighted by Gasteiger charge is -2.06. The normalized spacial score (nSPS) is 10.5. The van der Waals surface area contributed by atoms with Crippen LogP contribution in [0.1, 0.15) is 23.0 Å². The molecule has 19 heavy (non-hydrogen) atoms. The summed E-state index contributed by atoms with van der Waals surface area (Å²) in [4.78, 5) is 19.8. The third-order valence-corrected chi connectivity index (χ3v) is 3.38. The number of pyridine rings is 1. The average Bonchev–Trinajstić information content (AvgIpc) is 2.75. The van der Waals surface area contributed by atoms with Crippen molar-refractivity contribution >= 4 is 27.7 Å². The second kappa shape index (κ2) is 5.40. The lowest BCUT2D eigenvalue weighted by Crippen LogP contribution is -2.10. The highest BCUT2D eigenvalue weighted by Gasteiger charge is 2.18. The van der Waals surface area contributed by atoms with E-state index in [1.807, 2.05) is 13.0 Å². The van der Waals surface area contributed by atoms with Gasteiger partial charge in [0.25, 0.3) is 0 Å². The highest BCUT2D eigenvalue weighted by atomic mass is 79.9. The van der Waals surface area contributed by atoms with Crippen LogP contribution in [0.5, 0.6) is 0 Å². The molecular weight excluding hydrogens is 312 g/mol. The fourth-order valence-corrected chi connectivity index (χ4v) is 1.77. The van der Waals surface area contributed by atoms with Crippen LogP contribution in [-0.4, -0.2) is 27.1 Å². The monoisotopic (exact) mass is 324 g/mol. The number of hydrogen-bond acceptors (Lipinski definition) is 5. The minimum atomic E-state index is -0.535. The highest BCUT2D eigenvalue weighted by Crippen LogP contribution is 2.20. The second-order valence-corrected chi connectivity index (χ2v) is 4.71. The predicted octanol–water partition coefficient (Wildman–Crippen LogP) is 2.10. The molecule has 0 atom stereocenters. The molecule has 0 aromatic carbocycles. The van der Waals surface area contributed by atoms with Crippen LogP contribution in [0.4, 0.5) is 5.82 Å². The first-order valence-corrected chi connectivity index (χ1v) is 6.46. The Morgan fingerprint density at radius 2 is 2.26 bits per heavy atom. The maximum Gasteiger partial charge on any atom is 0.360 e. The Kier molecular flexibility index (Phi) is 3.84. The lowest BCUT2D eigenvalue weighted by atomic mass is 10.3. The third-order valence-electron chi connectivity index (χ3n) is 2.55. The number of hydrogen-bond donors (Lipinski definition) is 1. The zero-order valence-corrected chi connectivity index (χ0v) is 12.1. The summed E-state index contributed by atoms with van der Waals surface area (Å²) in [5, 5.41) is 0. The molecule has 0 bridgehead atoms. The summed E-state index contributed by atoms with van der Waals surface area (Å²) in [5.74, 6) is 0.279. The van der Waals surface area contributed by atoms with Gasteiger partial charge in [-0.25, -0.2) is 14.8 Å². The summed E-state index contributed by atoms with van der Waals surface area (Å²) in [6.07, 6.45) is 3.13. The summed E-state index contributed by atoms with van der Waals surface area (Å²) in [6.45, 7) is 3.94. The molecule has 100 valence electrons. The van der Waals surface area contributed by atoms with Crippen molar-refractivity contribution in [2.24, 2.45) is 0 Å². The van der Waals surface area contributed by atoms with E-state index in [-0.39, 0.29) is 18.1 Å². The van der Waals surface area contributed by atoms with E-state index < -0.39 is 5.97 Å². The number of nitrogens with two attached hydrogens (primary N) is 1. The number of carbonyl (C=O) groups is 1. The van der Waals surface area contributed by atoms with Gasteiger partial charge in [-0.2, -0.15) is 0 Å². The highest BCUT2D eigenvalue weighted by molar-refractivity contribution is 9.10. The molecule has 0 aliphatic carbocycles. The number of esters is 1. The fourth-order valence-electron chi connectivity index (χ4n) is 1.55. The third kappa shape index (κ3) is 2.60. The minimum absolute atomic E-state index is 0.101. The van der Waals surface area contributed by atoms with E-state index in [1.54, 1.807) is 17.7 Å². The minimum Gasteiger partial charge on any atom is -0.461 e. The number of nitrogen functional groups attached to an aromatic ring is 1. The van der Waals surface area contributed by atoms with E-state index in [9.17, 15) is 4.79 Å². The number of anilines is 1. The van der Waals surface area contributed by atoms with Gasteiger partial charge in [0.1, 0.15) is 18.0 Å². The number of carbonyl (C=O) groups excluding carboxylic acids is 1. The van der Waals surface area contributed by atoms with Crippen molar-refractivity contribution in [2.45, 2.75) is 13.8 Å². The molecule has 2 rings (SSSR count). The Hall–Kier alpha value is -1.89. The first-order chi connectivity index (χ1) is 9.04. The van der Waals surface area contributed by atoms with Gasteiger partial charge in [0.05, 0.1) is 6.61 Å². The molecular formula is C12H13BrN4O2. The molecule has 2 heterocycles. The van der Waals surface area contributed by atoms with Gasteiger partial charge in [0.2, 0.25) is 0 Å². The van der Waals surface area contributed by atoms with Crippen LogP contribution in [0.15, 0.2) is 23.1 Å². The molecule has 0 amide bonds. The zero-order valence-electron chi connectivity index (χ0n) is 10.6. The van der Waals surface area contributed by atoms with Crippen LogP contribution >= 0.6 is 15.9 Å². The number of nitrogens with zero attached hydrogens (tertiary/aromatic N) is 3. The molecule has 0 spiro atoms. The molecule has 6 nitrogen and oxygen atoms in total. The Morgan fingerprint density at radius 3 is 2.89 bits per heavy atom. The quantitative estimate of drug-likeness (QED) is 0.874. The molecule has 0 aliphatic rings. The van der Waals surface area contributed by atoms with Gasteiger partial charge in [-0.1, -0.05) is 0 Å². The number of rotatable bonds is 3. The van der Waals surface area contributed by atoms with Crippen molar-refractivity contribution in [3.05, 3.63) is 34.3 Å². The average molecular weight is 325 g/mol. The summed E-state index contributed by atoms with van der Waals surface area (Å²) in [5.41, 5.74) is 7.01. The second-order valence-electron chi connectivity index (χ2n) is 3.86. The van der Waals surface area contributed by atoms with E-state index >= 15 is 0 Å². The maximum absolute atomic E-state index is 11.6. The number of halogens is 1. The van der Waals surface area contributed by atoms with Crippen LogP contribution in [0.25, 0.3) is 5.82 Å². The topological polar surface area (TPSA) is 83.0 Å². The van der Waals surface area contributed by atoms with Gasteiger partial charge in [0, 0.05) is 10.7 Å². The number of aromatic nitrogens is 3. The van der Waals surface area contributed by atoms with E-state index in [1.165, 1.54) is 6.33 Å². The van der Waals surface area contributed by atoms with Gasteiger partial charge in [-0.3, -0.25) is 4.57 Å². The Morgan fingerprint density at radius 1 is 1.53 bits per heavy atom. The first-order valence-electron chi connectivity index (χ1n) is 5.67. The van der Waals surface area contributed by atoms with Gasteiger partial charge in [0.15, 0.2) is 5.69 Å². The van der Waals surface area contributed by atoms with Crippen LogP contribution in [-0.2, 0) is 4.74 Å². The van der Waals surface area contributed by atoms with Crippen molar-refractivity contribution in [2.75, 3.05) is 12.3 Å². The molecule has 7 heteroatoms. The molecule has 0 saturated heterocycles. The number of ether oxygens (including phenoxy) is 1. The molecule has 0 saturated carbocycles. The zero-order chi connectivity index (χ0) is 14.0. The van der Waals surface area contributed by atoms with E-state index in [2.05, 4.69) is 25.9 Å². The first kappa shape index (κ1) is 13.5. The van der Waals surface area contributed by atoms with Crippen molar-refractivity contribution in [1.29, 1.82) is 0 Å². The van der Waals surface area contributed by atoms with E-state index in [0.29, 0.717) is 5.82 Å².